The minimum atomic E-state index is -3.51. The first-order chi connectivity index (χ1) is 9.83. The molecule has 1 rings (SSSR count). The van der Waals surface area contributed by atoms with Gasteiger partial charge < -0.3 is 9.47 Å². The van der Waals surface area contributed by atoms with Crippen molar-refractivity contribution in [3.05, 3.63) is 23.3 Å². The van der Waals surface area contributed by atoms with Crippen molar-refractivity contribution in [1.29, 1.82) is 0 Å². The van der Waals surface area contributed by atoms with E-state index in [0.717, 1.165) is 11.3 Å². The lowest BCUT2D eigenvalue weighted by Crippen LogP contribution is -2.26. The second-order valence-corrected chi connectivity index (χ2v) is 6.99. The molecule has 0 amide bonds. The van der Waals surface area contributed by atoms with Crippen molar-refractivity contribution in [2.45, 2.75) is 38.0 Å². The van der Waals surface area contributed by atoms with E-state index in [4.69, 9.17) is 9.47 Å². The Hall–Kier alpha value is -1.11. The van der Waals surface area contributed by atoms with E-state index >= 15 is 0 Å². The Morgan fingerprint density at radius 3 is 2.43 bits per heavy atom. The van der Waals surface area contributed by atoms with E-state index in [1.807, 2.05) is 13.8 Å². The molecule has 21 heavy (non-hydrogen) atoms. The van der Waals surface area contributed by atoms with Crippen LogP contribution in [0.2, 0.25) is 0 Å². The zero-order valence-electron chi connectivity index (χ0n) is 13.4. The molecule has 6 heteroatoms. The maximum Gasteiger partial charge on any atom is 0.240 e. The smallest absolute Gasteiger partial charge is 0.240 e. The molecule has 1 N–H and O–H groups in total. The van der Waals surface area contributed by atoms with Crippen LogP contribution in [0.5, 0.6) is 5.75 Å². The van der Waals surface area contributed by atoms with Gasteiger partial charge in [0, 0.05) is 20.3 Å². The van der Waals surface area contributed by atoms with Gasteiger partial charge in [0.1, 0.15) is 5.75 Å². The first kappa shape index (κ1) is 17.9. The zero-order valence-corrected chi connectivity index (χ0v) is 14.2. The van der Waals surface area contributed by atoms with Crippen LogP contribution in [-0.2, 0) is 14.8 Å². The van der Waals surface area contributed by atoms with Gasteiger partial charge in [-0.05, 0) is 42.5 Å². The van der Waals surface area contributed by atoms with Gasteiger partial charge in [-0.15, -0.1) is 0 Å². The molecule has 0 spiro atoms. The highest BCUT2D eigenvalue weighted by atomic mass is 32.2. The Morgan fingerprint density at radius 1 is 1.24 bits per heavy atom. The third kappa shape index (κ3) is 4.69. The Morgan fingerprint density at radius 2 is 1.90 bits per heavy atom. The Labute approximate surface area is 127 Å². The van der Waals surface area contributed by atoms with Gasteiger partial charge in [-0.25, -0.2) is 13.1 Å². The van der Waals surface area contributed by atoms with E-state index in [2.05, 4.69) is 4.72 Å². The van der Waals surface area contributed by atoms with E-state index in [0.29, 0.717) is 30.0 Å². The summed E-state index contributed by atoms with van der Waals surface area (Å²) in [6.45, 7) is 6.68. The first-order valence-corrected chi connectivity index (χ1v) is 8.49. The Kier molecular flexibility index (Phi) is 6.64. The molecular formula is C15H25NO4S. The van der Waals surface area contributed by atoms with E-state index < -0.39 is 10.0 Å². The van der Waals surface area contributed by atoms with Gasteiger partial charge in [0.05, 0.1) is 12.0 Å². The Balaban J connectivity index is 3.08. The van der Waals surface area contributed by atoms with Crippen LogP contribution in [0.25, 0.3) is 0 Å². The minimum Gasteiger partial charge on any atom is -0.496 e. The SMILES string of the molecule is COCCCNS(=O)(=O)c1cc(C(C)C)c(OC)cc1C. The second-order valence-electron chi connectivity index (χ2n) is 5.26. The van der Waals surface area contributed by atoms with Crippen LogP contribution in [0.3, 0.4) is 0 Å². The summed E-state index contributed by atoms with van der Waals surface area (Å²) in [6, 6.07) is 3.48. The molecule has 0 fully saturated rings. The highest BCUT2D eigenvalue weighted by Gasteiger charge is 2.20. The molecule has 0 saturated heterocycles. The standard InChI is InChI=1S/C15H25NO4S/c1-11(2)13-10-15(12(3)9-14(13)20-5)21(17,18)16-7-6-8-19-4/h9-11,16H,6-8H2,1-5H3. The van der Waals surface area contributed by atoms with E-state index in [1.165, 1.54) is 0 Å². The number of rotatable bonds is 8. The highest BCUT2D eigenvalue weighted by molar-refractivity contribution is 7.89. The molecule has 0 aliphatic carbocycles. The molecule has 0 unspecified atom stereocenters. The molecule has 0 bridgehead atoms. The number of benzene rings is 1. The van der Waals surface area contributed by atoms with Crippen LogP contribution in [0, 0.1) is 6.92 Å². The predicted octanol–water partition coefficient (Wildman–Crippen LogP) is 2.44. The van der Waals surface area contributed by atoms with Crippen LogP contribution >= 0.6 is 0 Å². The minimum absolute atomic E-state index is 0.183. The number of ether oxygens (including phenoxy) is 2. The van der Waals surface area contributed by atoms with Gasteiger partial charge in [0.2, 0.25) is 10.0 Å². The number of nitrogens with one attached hydrogen (secondary N) is 1. The molecule has 1 aromatic carbocycles. The van der Waals surface area contributed by atoms with Crippen molar-refractivity contribution in [3.8, 4) is 5.75 Å². The molecule has 1 aromatic rings. The average Bonchev–Trinajstić information content (AvgIpc) is 2.42. The molecule has 0 saturated carbocycles. The maximum atomic E-state index is 12.4. The second kappa shape index (κ2) is 7.77. The van der Waals surface area contributed by atoms with Gasteiger partial charge in [-0.3, -0.25) is 0 Å². The lowest BCUT2D eigenvalue weighted by Gasteiger charge is -2.16. The summed E-state index contributed by atoms with van der Waals surface area (Å²) in [7, 11) is -0.324. The van der Waals surface area contributed by atoms with Gasteiger partial charge >= 0.3 is 0 Å². The van der Waals surface area contributed by atoms with Gasteiger partial charge in [-0.1, -0.05) is 13.8 Å². The van der Waals surface area contributed by atoms with E-state index in [-0.39, 0.29) is 5.92 Å². The van der Waals surface area contributed by atoms with Crippen molar-refractivity contribution in [2.24, 2.45) is 0 Å². The molecule has 0 radical (unpaired) electrons. The summed E-state index contributed by atoms with van der Waals surface area (Å²) in [5.41, 5.74) is 1.57. The van der Waals surface area contributed by atoms with Crippen molar-refractivity contribution < 1.29 is 17.9 Å². The van der Waals surface area contributed by atoms with Gasteiger partial charge in [0.25, 0.3) is 0 Å². The summed E-state index contributed by atoms with van der Waals surface area (Å²) in [5, 5.41) is 0. The molecule has 0 aliphatic rings. The van der Waals surface area contributed by atoms with E-state index in [1.54, 1.807) is 33.3 Å². The van der Waals surface area contributed by atoms with Gasteiger partial charge in [0.15, 0.2) is 0 Å². The van der Waals surface area contributed by atoms with Gasteiger partial charge in [-0.2, -0.15) is 0 Å². The summed E-state index contributed by atoms with van der Waals surface area (Å²) in [6.07, 6.45) is 0.641. The lowest BCUT2D eigenvalue weighted by molar-refractivity contribution is 0.196. The zero-order chi connectivity index (χ0) is 16.0. The fourth-order valence-corrected chi connectivity index (χ4v) is 3.43. The highest BCUT2D eigenvalue weighted by Crippen LogP contribution is 2.31. The van der Waals surface area contributed by atoms with Crippen molar-refractivity contribution >= 4 is 10.0 Å². The molecule has 0 heterocycles. The van der Waals surface area contributed by atoms with Crippen LogP contribution in [0.15, 0.2) is 17.0 Å². The molecule has 120 valence electrons. The molecule has 0 aromatic heterocycles. The summed E-state index contributed by atoms with van der Waals surface area (Å²) < 4.78 is 37.7. The number of hydrogen-bond donors (Lipinski definition) is 1. The van der Waals surface area contributed by atoms with Crippen LogP contribution in [0.1, 0.15) is 37.3 Å². The van der Waals surface area contributed by atoms with Crippen molar-refractivity contribution in [2.75, 3.05) is 27.4 Å². The van der Waals surface area contributed by atoms with Crippen LogP contribution in [-0.4, -0.2) is 35.8 Å². The Bertz CT molecular complexity index is 567. The van der Waals surface area contributed by atoms with Crippen LogP contribution < -0.4 is 9.46 Å². The van der Waals surface area contributed by atoms with Crippen LogP contribution in [0.4, 0.5) is 0 Å². The fraction of sp³-hybridized carbons (Fsp3) is 0.600. The number of methoxy groups -OCH3 is 2. The number of aryl methyl sites for hydroxylation is 1. The number of hydrogen-bond acceptors (Lipinski definition) is 4. The quantitative estimate of drug-likeness (QED) is 0.748. The topological polar surface area (TPSA) is 64.6 Å². The third-order valence-corrected chi connectivity index (χ3v) is 4.86. The van der Waals surface area contributed by atoms with E-state index in [9.17, 15) is 8.42 Å². The summed E-state index contributed by atoms with van der Waals surface area (Å²) in [4.78, 5) is 0.310. The fourth-order valence-electron chi connectivity index (χ4n) is 2.10. The third-order valence-electron chi connectivity index (χ3n) is 3.26. The monoisotopic (exact) mass is 315 g/mol. The lowest BCUT2D eigenvalue weighted by atomic mass is 10.0. The first-order valence-electron chi connectivity index (χ1n) is 7.00. The largest absolute Gasteiger partial charge is 0.496 e. The normalized spacial score (nSPS) is 11.9. The maximum absolute atomic E-state index is 12.4. The van der Waals surface area contributed by atoms with Crippen molar-refractivity contribution in [1.82, 2.24) is 4.72 Å². The summed E-state index contributed by atoms with van der Waals surface area (Å²) >= 11 is 0. The summed E-state index contributed by atoms with van der Waals surface area (Å²) in [5.74, 6) is 0.906. The molecule has 0 aliphatic heterocycles. The van der Waals surface area contributed by atoms with Crippen molar-refractivity contribution in [3.63, 3.8) is 0 Å². The predicted molar refractivity (Wildman–Crippen MR) is 83.5 cm³/mol. The molecule has 0 atom stereocenters. The number of sulfonamides is 1. The average molecular weight is 315 g/mol. The molecule has 5 nitrogen and oxygen atoms in total. The molecular weight excluding hydrogens is 290 g/mol.